The molecule has 1 fully saturated rings. The highest BCUT2D eigenvalue weighted by Gasteiger charge is 2.22. The van der Waals surface area contributed by atoms with E-state index in [1.54, 1.807) is 34.0 Å². The Labute approximate surface area is 208 Å². The van der Waals surface area contributed by atoms with Crippen molar-refractivity contribution < 1.29 is 14.3 Å². The van der Waals surface area contributed by atoms with Crippen LogP contribution in [0.2, 0.25) is 5.02 Å². The van der Waals surface area contributed by atoms with E-state index in [-0.39, 0.29) is 28.9 Å². The van der Waals surface area contributed by atoms with Crippen LogP contribution in [0.3, 0.4) is 0 Å². The molecule has 1 saturated heterocycles. The van der Waals surface area contributed by atoms with Gasteiger partial charge in [0.15, 0.2) is 5.69 Å². The molecule has 182 valence electrons. The smallest absolute Gasteiger partial charge is 0.302 e. The number of amides is 1. The number of fused-ring (bicyclic) bond motifs is 1. The van der Waals surface area contributed by atoms with E-state index < -0.39 is 17.1 Å². The zero-order valence-corrected chi connectivity index (χ0v) is 20.4. The summed E-state index contributed by atoms with van der Waals surface area (Å²) in [5.74, 6) is -0.823. The molecule has 12 heteroatoms. The molecule has 1 amide bonds. The summed E-state index contributed by atoms with van der Waals surface area (Å²) in [5.41, 5.74) is 0.212. The van der Waals surface area contributed by atoms with Crippen LogP contribution in [0.4, 0.5) is 4.39 Å². The fourth-order valence-corrected chi connectivity index (χ4v) is 5.13. The quantitative estimate of drug-likeness (QED) is 0.438. The zero-order valence-electron chi connectivity index (χ0n) is 18.8. The fourth-order valence-electron chi connectivity index (χ4n) is 3.99. The van der Waals surface area contributed by atoms with E-state index in [1.165, 1.54) is 28.0 Å². The van der Waals surface area contributed by atoms with Gasteiger partial charge in [0.25, 0.3) is 0 Å². The fraction of sp³-hybridized carbons (Fsp3) is 0.304. The monoisotopic (exact) mass is 516 g/mol. The third kappa shape index (κ3) is 4.66. The van der Waals surface area contributed by atoms with E-state index in [4.69, 9.17) is 11.6 Å². The Morgan fingerprint density at radius 2 is 2.00 bits per heavy atom. The number of aromatic nitrogens is 4. The van der Waals surface area contributed by atoms with Crippen LogP contribution in [0.5, 0.6) is 5.75 Å². The van der Waals surface area contributed by atoms with Gasteiger partial charge in [-0.05, 0) is 24.7 Å². The maximum Gasteiger partial charge on any atom is 0.302 e. The van der Waals surface area contributed by atoms with Gasteiger partial charge in [-0.2, -0.15) is 0 Å². The van der Waals surface area contributed by atoms with Crippen molar-refractivity contribution in [3.63, 3.8) is 0 Å². The van der Waals surface area contributed by atoms with Crippen LogP contribution in [-0.4, -0.2) is 73.0 Å². The van der Waals surface area contributed by atoms with Crippen LogP contribution in [0.1, 0.15) is 10.4 Å². The lowest BCUT2D eigenvalue weighted by Gasteiger charge is -2.32. The molecule has 0 aliphatic carbocycles. The normalized spacial score (nSPS) is 14.7. The number of rotatable bonds is 5. The second-order valence-electron chi connectivity index (χ2n) is 8.45. The molecule has 0 atom stereocenters. The molecule has 0 unspecified atom stereocenters. The van der Waals surface area contributed by atoms with Gasteiger partial charge in [-0.15, -0.1) is 11.3 Å². The van der Waals surface area contributed by atoms with E-state index in [0.29, 0.717) is 24.5 Å². The van der Waals surface area contributed by atoms with Gasteiger partial charge in [-0.1, -0.05) is 17.7 Å². The summed E-state index contributed by atoms with van der Waals surface area (Å²) in [6.45, 7) is 2.95. The van der Waals surface area contributed by atoms with Gasteiger partial charge < -0.3 is 19.5 Å². The highest BCUT2D eigenvalue weighted by molar-refractivity contribution is 7.15. The lowest BCUT2D eigenvalue weighted by molar-refractivity contribution is -0.133. The molecule has 4 heterocycles. The first kappa shape index (κ1) is 23.5. The number of aromatic hydroxyl groups is 1. The molecule has 5 rings (SSSR count). The SMILES string of the molecule is CN1CCN(C(=O)Cn2ccn3c(=O)c(O)c(-c4ncc(Cc5ccc(F)c(Cl)c5)s4)nc23)CC1. The third-order valence-electron chi connectivity index (χ3n) is 6.01. The van der Waals surface area contributed by atoms with Crippen molar-refractivity contribution in [1.29, 1.82) is 0 Å². The molecule has 1 aliphatic heterocycles. The molecule has 0 bridgehead atoms. The predicted octanol–water partition coefficient (Wildman–Crippen LogP) is 2.48. The van der Waals surface area contributed by atoms with Crippen molar-refractivity contribution in [1.82, 2.24) is 28.7 Å². The molecule has 9 nitrogen and oxygen atoms in total. The van der Waals surface area contributed by atoms with E-state index in [2.05, 4.69) is 14.9 Å². The minimum Gasteiger partial charge on any atom is -0.501 e. The second-order valence-corrected chi connectivity index (χ2v) is 9.97. The summed E-state index contributed by atoms with van der Waals surface area (Å²) in [4.78, 5) is 39.3. The number of hydrogen-bond donors (Lipinski definition) is 1. The Morgan fingerprint density at radius 1 is 1.23 bits per heavy atom. The number of carbonyl (C=O) groups is 1. The van der Waals surface area contributed by atoms with Gasteiger partial charge in [0.2, 0.25) is 17.4 Å². The Bertz CT molecular complexity index is 1470. The number of carbonyl (C=O) groups excluding carboxylic acids is 1. The third-order valence-corrected chi connectivity index (χ3v) is 7.30. The average molecular weight is 517 g/mol. The summed E-state index contributed by atoms with van der Waals surface area (Å²) >= 11 is 7.13. The molecule has 4 aromatic rings. The number of nitrogens with zero attached hydrogens (tertiary/aromatic N) is 6. The highest BCUT2D eigenvalue weighted by Crippen LogP contribution is 2.30. The molecule has 35 heavy (non-hydrogen) atoms. The van der Waals surface area contributed by atoms with Crippen molar-refractivity contribution >= 4 is 34.6 Å². The maximum absolute atomic E-state index is 13.4. The van der Waals surface area contributed by atoms with Gasteiger partial charge >= 0.3 is 5.56 Å². The Morgan fingerprint density at radius 3 is 2.74 bits per heavy atom. The first-order valence-corrected chi connectivity index (χ1v) is 12.2. The summed E-state index contributed by atoms with van der Waals surface area (Å²) in [7, 11) is 2.02. The predicted molar refractivity (Wildman–Crippen MR) is 131 cm³/mol. The van der Waals surface area contributed by atoms with Gasteiger partial charge in [0, 0.05) is 56.1 Å². The molecule has 3 aromatic heterocycles. The van der Waals surface area contributed by atoms with Crippen molar-refractivity contribution in [3.8, 4) is 16.5 Å². The van der Waals surface area contributed by atoms with Crippen LogP contribution in [-0.2, 0) is 17.8 Å². The molecular formula is C23H22ClFN6O3S. The molecule has 1 aliphatic rings. The Hall–Kier alpha value is -3.28. The number of hydrogen-bond acceptors (Lipinski definition) is 7. The number of piperazine rings is 1. The first-order chi connectivity index (χ1) is 16.8. The zero-order chi connectivity index (χ0) is 24.7. The van der Waals surface area contributed by atoms with Crippen LogP contribution >= 0.6 is 22.9 Å². The molecular weight excluding hydrogens is 495 g/mol. The molecule has 1 aromatic carbocycles. The van der Waals surface area contributed by atoms with E-state index in [1.807, 2.05) is 7.05 Å². The lowest BCUT2D eigenvalue weighted by Crippen LogP contribution is -2.48. The molecule has 0 saturated carbocycles. The largest absolute Gasteiger partial charge is 0.501 e. The van der Waals surface area contributed by atoms with Gasteiger partial charge in [0.1, 0.15) is 17.4 Å². The van der Waals surface area contributed by atoms with Crippen molar-refractivity contribution in [2.45, 2.75) is 13.0 Å². The number of imidazole rings is 1. The van der Waals surface area contributed by atoms with Gasteiger partial charge in [-0.25, -0.2) is 18.8 Å². The van der Waals surface area contributed by atoms with Crippen LogP contribution in [0.15, 0.2) is 41.6 Å². The van der Waals surface area contributed by atoms with Crippen LogP contribution in [0.25, 0.3) is 16.5 Å². The minimum atomic E-state index is -0.641. The topological polar surface area (TPSA) is 96.0 Å². The summed E-state index contributed by atoms with van der Waals surface area (Å²) < 4.78 is 16.3. The highest BCUT2D eigenvalue weighted by atomic mass is 35.5. The molecule has 0 spiro atoms. The van der Waals surface area contributed by atoms with E-state index in [0.717, 1.165) is 23.5 Å². The molecule has 1 N–H and O–H groups in total. The Balaban J connectivity index is 1.43. The number of benzene rings is 1. The maximum atomic E-state index is 13.4. The summed E-state index contributed by atoms with van der Waals surface area (Å²) in [6, 6.07) is 4.49. The van der Waals surface area contributed by atoms with Crippen LogP contribution in [0, 0.1) is 5.82 Å². The first-order valence-electron chi connectivity index (χ1n) is 11.0. The van der Waals surface area contributed by atoms with Crippen LogP contribution < -0.4 is 5.56 Å². The van der Waals surface area contributed by atoms with E-state index in [9.17, 15) is 19.1 Å². The number of thiazole rings is 1. The molecule has 0 radical (unpaired) electrons. The average Bonchev–Trinajstić information content (AvgIpc) is 3.46. The standard InChI is InChI=1S/C23H22ClFN6O3S/c1-28-4-6-29(7-5-28)18(32)13-30-8-9-31-22(34)20(33)19(27-23(30)31)21-26-12-15(35-21)10-14-2-3-17(25)16(24)11-14/h2-3,8-9,11-12,33H,4-7,10,13H2,1H3. The second kappa shape index (κ2) is 9.40. The Kier molecular flexibility index (Phi) is 6.30. The van der Waals surface area contributed by atoms with Gasteiger partial charge in [-0.3, -0.25) is 9.59 Å². The number of halogens is 2. The van der Waals surface area contributed by atoms with Crippen molar-refractivity contribution in [3.05, 3.63) is 68.4 Å². The number of likely N-dealkylation sites (N-methyl/N-ethyl adjacent to an activating group) is 1. The van der Waals surface area contributed by atoms with Crippen molar-refractivity contribution in [2.24, 2.45) is 0 Å². The lowest BCUT2D eigenvalue weighted by atomic mass is 10.1. The summed E-state index contributed by atoms with van der Waals surface area (Å²) in [6.07, 6.45) is 5.16. The van der Waals surface area contributed by atoms with E-state index >= 15 is 0 Å². The van der Waals surface area contributed by atoms with Crippen molar-refractivity contribution in [2.75, 3.05) is 33.2 Å². The summed E-state index contributed by atoms with van der Waals surface area (Å²) in [5, 5.41) is 11.0. The minimum absolute atomic E-state index is 0.0331. The van der Waals surface area contributed by atoms with Gasteiger partial charge in [0.05, 0.1) is 5.02 Å².